The Morgan fingerprint density at radius 1 is 1.23 bits per heavy atom. The maximum atomic E-state index is 12.3. The number of benzene rings is 1. The monoisotopic (exact) mass is 298 g/mol. The van der Waals surface area contributed by atoms with Gasteiger partial charge in [0.2, 0.25) is 11.8 Å². The molecular weight excluding hydrogens is 276 g/mol. The van der Waals surface area contributed by atoms with E-state index in [0.29, 0.717) is 13.0 Å². The Morgan fingerprint density at radius 2 is 1.86 bits per heavy atom. The van der Waals surface area contributed by atoms with Crippen molar-refractivity contribution in [3.05, 3.63) is 60.2 Å². The zero-order chi connectivity index (χ0) is 16.0. The van der Waals surface area contributed by atoms with Crippen LogP contribution in [0.15, 0.2) is 49.1 Å². The molecule has 0 bridgehead atoms. The summed E-state index contributed by atoms with van der Waals surface area (Å²) in [6.07, 6.45) is 7.49. The molecule has 0 spiro atoms. The zero-order valence-corrected chi connectivity index (χ0v) is 12.9. The SMILES string of the molecule is C=CC(=O)NCc1ccccc1CC(=O)NC1(C)CC=CC1. The highest BCUT2D eigenvalue weighted by atomic mass is 16.2. The fraction of sp³-hybridized carbons (Fsp3) is 0.333. The van der Waals surface area contributed by atoms with E-state index in [1.165, 1.54) is 6.08 Å². The molecule has 1 aliphatic carbocycles. The van der Waals surface area contributed by atoms with Gasteiger partial charge in [-0.25, -0.2) is 0 Å². The van der Waals surface area contributed by atoms with Crippen LogP contribution >= 0.6 is 0 Å². The summed E-state index contributed by atoms with van der Waals surface area (Å²) < 4.78 is 0. The molecule has 0 unspecified atom stereocenters. The van der Waals surface area contributed by atoms with Gasteiger partial charge < -0.3 is 10.6 Å². The number of amides is 2. The third-order valence-corrected chi connectivity index (χ3v) is 3.85. The molecule has 0 heterocycles. The van der Waals surface area contributed by atoms with Crippen molar-refractivity contribution in [2.45, 2.75) is 38.3 Å². The number of carbonyl (C=O) groups is 2. The van der Waals surface area contributed by atoms with Crippen molar-refractivity contribution in [3.8, 4) is 0 Å². The van der Waals surface area contributed by atoms with Crippen molar-refractivity contribution in [1.82, 2.24) is 10.6 Å². The van der Waals surface area contributed by atoms with E-state index in [2.05, 4.69) is 36.3 Å². The van der Waals surface area contributed by atoms with Crippen LogP contribution in [0.2, 0.25) is 0 Å². The van der Waals surface area contributed by atoms with Gasteiger partial charge in [-0.15, -0.1) is 0 Å². The summed E-state index contributed by atoms with van der Waals surface area (Å²) >= 11 is 0. The molecule has 1 aliphatic rings. The van der Waals surface area contributed by atoms with Crippen LogP contribution in [0.4, 0.5) is 0 Å². The molecular formula is C18H22N2O2. The van der Waals surface area contributed by atoms with Crippen LogP contribution < -0.4 is 10.6 Å². The molecule has 2 rings (SSSR count). The summed E-state index contributed by atoms with van der Waals surface area (Å²) in [7, 11) is 0. The first-order valence-electron chi connectivity index (χ1n) is 7.45. The summed E-state index contributed by atoms with van der Waals surface area (Å²) in [5, 5.41) is 5.85. The Morgan fingerprint density at radius 3 is 2.50 bits per heavy atom. The molecule has 2 amide bonds. The molecule has 0 radical (unpaired) electrons. The molecule has 0 saturated carbocycles. The van der Waals surface area contributed by atoms with Crippen molar-refractivity contribution >= 4 is 11.8 Å². The average molecular weight is 298 g/mol. The molecule has 0 atom stereocenters. The first-order valence-corrected chi connectivity index (χ1v) is 7.45. The molecule has 4 nitrogen and oxygen atoms in total. The Bertz CT molecular complexity index is 597. The van der Waals surface area contributed by atoms with Gasteiger partial charge in [0.05, 0.1) is 6.42 Å². The first kappa shape index (κ1) is 16.0. The minimum Gasteiger partial charge on any atom is -0.350 e. The van der Waals surface area contributed by atoms with Crippen LogP contribution in [0.5, 0.6) is 0 Å². The minimum absolute atomic E-state index is 0.00805. The van der Waals surface area contributed by atoms with Crippen LogP contribution in [0.1, 0.15) is 30.9 Å². The molecule has 1 aromatic carbocycles. The van der Waals surface area contributed by atoms with Crippen molar-refractivity contribution in [1.29, 1.82) is 0 Å². The fourth-order valence-electron chi connectivity index (χ4n) is 2.58. The quantitative estimate of drug-likeness (QED) is 0.625. The van der Waals surface area contributed by atoms with Gasteiger partial charge in [0, 0.05) is 12.1 Å². The summed E-state index contributed by atoms with van der Waals surface area (Å²) in [5.74, 6) is -0.211. The second-order valence-electron chi connectivity index (χ2n) is 5.86. The summed E-state index contributed by atoms with van der Waals surface area (Å²) in [6.45, 7) is 5.88. The van der Waals surface area contributed by atoms with E-state index in [9.17, 15) is 9.59 Å². The van der Waals surface area contributed by atoms with Crippen molar-refractivity contribution in [3.63, 3.8) is 0 Å². The number of nitrogens with one attached hydrogen (secondary N) is 2. The third kappa shape index (κ3) is 4.32. The van der Waals surface area contributed by atoms with Gasteiger partial charge in [-0.2, -0.15) is 0 Å². The van der Waals surface area contributed by atoms with E-state index in [0.717, 1.165) is 24.0 Å². The van der Waals surface area contributed by atoms with E-state index in [1.54, 1.807) is 0 Å². The van der Waals surface area contributed by atoms with Crippen molar-refractivity contribution in [2.75, 3.05) is 0 Å². The molecule has 0 aromatic heterocycles. The van der Waals surface area contributed by atoms with E-state index in [1.807, 2.05) is 24.3 Å². The first-order chi connectivity index (χ1) is 10.5. The van der Waals surface area contributed by atoms with Crippen molar-refractivity contribution in [2.24, 2.45) is 0 Å². The lowest BCUT2D eigenvalue weighted by molar-refractivity contribution is -0.122. The van der Waals surface area contributed by atoms with Crippen LogP contribution in [-0.2, 0) is 22.6 Å². The van der Waals surface area contributed by atoms with Gasteiger partial charge in [-0.1, -0.05) is 43.0 Å². The summed E-state index contributed by atoms with van der Waals surface area (Å²) in [4.78, 5) is 23.6. The molecule has 1 aromatic rings. The van der Waals surface area contributed by atoms with Gasteiger partial charge in [0.15, 0.2) is 0 Å². The van der Waals surface area contributed by atoms with E-state index >= 15 is 0 Å². The predicted molar refractivity (Wildman–Crippen MR) is 87.1 cm³/mol. The van der Waals surface area contributed by atoms with Gasteiger partial charge in [-0.3, -0.25) is 9.59 Å². The van der Waals surface area contributed by atoms with Crippen molar-refractivity contribution < 1.29 is 9.59 Å². The normalized spacial score (nSPS) is 15.3. The molecule has 0 fully saturated rings. The van der Waals surface area contributed by atoms with E-state index in [4.69, 9.17) is 0 Å². The van der Waals surface area contributed by atoms with Crippen LogP contribution in [0.25, 0.3) is 0 Å². The maximum Gasteiger partial charge on any atom is 0.243 e. The Labute approximate surface area is 131 Å². The Hall–Kier alpha value is -2.36. The van der Waals surface area contributed by atoms with Gasteiger partial charge >= 0.3 is 0 Å². The van der Waals surface area contributed by atoms with E-state index in [-0.39, 0.29) is 17.4 Å². The maximum absolute atomic E-state index is 12.3. The lowest BCUT2D eigenvalue weighted by atomic mass is 9.98. The lowest BCUT2D eigenvalue weighted by Gasteiger charge is -2.25. The average Bonchev–Trinajstić information content (AvgIpc) is 2.92. The van der Waals surface area contributed by atoms with Gasteiger partial charge in [0.1, 0.15) is 0 Å². The molecule has 116 valence electrons. The molecule has 0 aliphatic heterocycles. The molecule has 4 heteroatoms. The fourth-order valence-corrected chi connectivity index (χ4v) is 2.58. The summed E-state index contributed by atoms with van der Waals surface area (Å²) in [6, 6.07) is 7.65. The van der Waals surface area contributed by atoms with Gasteiger partial charge in [0.25, 0.3) is 0 Å². The highest BCUT2D eigenvalue weighted by Crippen LogP contribution is 2.22. The number of carbonyl (C=O) groups excluding carboxylic acids is 2. The molecule has 2 N–H and O–H groups in total. The number of hydrogen-bond acceptors (Lipinski definition) is 2. The second kappa shape index (κ2) is 7.07. The molecule has 22 heavy (non-hydrogen) atoms. The minimum atomic E-state index is -0.219. The predicted octanol–water partition coefficient (Wildman–Crippen LogP) is 2.26. The lowest BCUT2D eigenvalue weighted by Crippen LogP contribution is -2.44. The van der Waals surface area contributed by atoms with Crippen LogP contribution in [0, 0.1) is 0 Å². The zero-order valence-electron chi connectivity index (χ0n) is 12.9. The highest BCUT2D eigenvalue weighted by molar-refractivity contribution is 5.86. The summed E-state index contributed by atoms with van der Waals surface area (Å²) in [5.41, 5.74) is 1.71. The third-order valence-electron chi connectivity index (χ3n) is 3.85. The molecule has 0 saturated heterocycles. The smallest absolute Gasteiger partial charge is 0.243 e. The van der Waals surface area contributed by atoms with E-state index < -0.39 is 0 Å². The number of rotatable bonds is 6. The largest absolute Gasteiger partial charge is 0.350 e. The Kier molecular flexibility index (Phi) is 5.15. The van der Waals surface area contributed by atoms with Crippen LogP contribution in [0.3, 0.4) is 0 Å². The van der Waals surface area contributed by atoms with Crippen LogP contribution in [-0.4, -0.2) is 17.4 Å². The highest BCUT2D eigenvalue weighted by Gasteiger charge is 2.26. The standard InChI is InChI=1S/C18H22N2O2/c1-3-16(21)19-13-15-9-5-4-8-14(15)12-17(22)20-18(2)10-6-7-11-18/h3-9H,1,10-13H2,2H3,(H,19,21)(H,20,22). The topological polar surface area (TPSA) is 58.2 Å². The van der Waals surface area contributed by atoms with Gasteiger partial charge in [-0.05, 0) is 37.0 Å². The number of hydrogen-bond donors (Lipinski definition) is 2. The second-order valence-corrected chi connectivity index (χ2v) is 5.86. The Balaban J connectivity index is 1.98.